The first-order valence-corrected chi connectivity index (χ1v) is 13.4. The quantitative estimate of drug-likeness (QED) is 0.627. The van der Waals surface area contributed by atoms with E-state index in [0.29, 0.717) is 0 Å². The number of rotatable bonds is 8. The summed E-state index contributed by atoms with van der Waals surface area (Å²) in [6.45, 7) is 13.4. The molecule has 92 valence electrons. The molecule has 0 radical (unpaired) electrons. The first-order chi connectivity index (χ1) is 6.99. The average molecular weight is 265 g/mol. The second kappa shape index (κ2) is 7.78. The van der Waals surface area contributed by atoms with Crippen LogP contribution in [0.15, 0.2) is 0 Å². The van der Waals surface area contributed by atoms with Crippen molar-refractivity contribution in [3.63, 3.8) is 0 Å². The normalized spacial score (nSPS) is 12.8. The van der Waals surface area contributed by atoms with E-state index in [1.54, 1.807) is 0 Å². The van der Waals surface area contributed by atoms with Crippen molar-refractivity contribution >= 4 is 26.6 Å². The Balaban J connectivity index is 4.14. The van der Waals surface area contributed by atoms with E-state index in [-0.39, 0.29) is 0 Å². The van der Waals surface area contributed by atoms with Gasteiger partial charge in [-0.05, 0) is 37.3 Å². The molecule has 0 aromatic heterocycles. The molecule has 0 bridgehead atoms. The van der Waals surface area contributed by atoms with Crippen molar-refractivity contribution in [3.05, 3.63) is 0 Å². The predicted octanol–water partition coefficient (Wildman–Crippen LogP) is 3.25. The molecule has 0 aromatic rings. The summed E-state index contributed by atoms with van der Waals surface area (Å²) in [5, 5.41) is 0. The standard InChI is InChI=1S/C10H28O2Si3/c1-7-13(8-2)11-15(5,6)12-14(9-3)10-4/h13-14H,7-10H2,1-6H3. The maximum Gasteiger partial charge on any atom is 0.310 e. The molecule has 0 aromatic carbocycles. The van der Waals surface area contributed by atoms with Crippen LogP contribution in [0.2, 0.25) is 37.3 Å². The van der Waals surface area contributed by atoms with Crippen molar-refractivity contribution < 1.29 is 8.23 Å². The van der Waals surface area contributed by atoms with E-state index in [0.717, 1.165) is 0 Å². The van der Waals surface area contributed by atoms with Gasteiger partial charge in [-0.15, -0.1) is 0 Å². The maximum absolute atomic E-state index is 6.26. The Labute approximate surface area is 100 Å². The first kappa shape index (κ1) is 15.6. The second-order valence-corrected chi connectivity index (χ2v) is 15.0. The molecule has 0 aliphatic rings. The average Bonchev–Trinajstić information content (AvgIpc) is 2.22. The zero-order valence-electron chi connectivity index (χ0n) is 11.3. The smallest absolute Gasteiger partial charge is 0.310 e. The molecule has 0 spiro atoms. The summed E-state index contributed by atoms with van der Waals surface area (Å²) in [5.41, 5.74) is 0. The van der Waals surface area contributed by atoms with E-state index in [2.05, 4.69) is 40.8 Å². The first-order valence-electron chi connectivity index (χ1n) is 6.34. The molecule has 0 amide bonds. The fourth-order valence-corrected chi connectivity index (χ4v) is 12.7. The summed E-state index contributed by atoms with van der Waals surface area (Å²) in [6.07, 6.45) is 0. The van der Waals surface area contributed by atoms with Crippen molar-refractivity contribution in [1.82, 2.24) is 0 Å². The number of hydrogen-bond acceptors (Lipinski definition) is 2. The van der Waals surface area contributed by atoms with Crippen LogP contribution in [0.3, 0.4) is 0 Å². The van der Waals surface area contributed by atoms with Gasteiger partial charge in [-0.2, -0.15) is 0 Å². The molecule has 0 saturated carbocycles. The Morgan fingerprint density at radius 1 is 0.733 bits per heavy atom. The highest BCUT2D eigenvalue weighted by molar-refractivity contribution is 6.79. The monoisotopic (exact) mass is 264 g/mol. The van der Waals surface area contributed by atoms with Gasteiger partial charge in [-0.25, -0.2) is 0 Å². The topological polar surface area (TPSA) is 18.5 Å². The molecule has 15 heavy (non-hydrogen) atoms. The maximum atomic E-state index is 6.26. The van der Waals surface area contributed by atoms with Gasteiger partial charge < -0.3 is 8.23 Å². The van der Waals surface area contributed by atoms with Gasteiger partial charge in [0.05, 0.1) is 0 Å². The largest absolute Gasteiger partial charge is 0.439 e. The van der Waals surface area contributed by atoms with Crippen LogP contribution in [0.5, 0.6) is 0 Å². The Bertz CT molecular complexity index is 141. The fraction of sp³-hybridized carbons (Fsp3) is 1.00. The third-order valence-electron chi connectivity index (χ3n) is 2.72. The molecule has 0 atom stereocenters. The van der Waals surface area contributed by atoms with Gasteiger partial charge in [0, 0.05) is 0 Å². The van der Waals surface area contributed by atoms with Gasteiger partial charge in [-0.3, -0.25) is 0 Å². The zero-order valence-corrected chi connectivity index (χ0v) is 14.6. The van der Waals surface area contributed by atoms with Crippen LogP contribution in [0.4, 0.5) is 0 Å². The van der Waals surface area contributed by atoms with Crippen LogP contribution >= 0.6 is 0 Å². The van der Waals surface area contributed by atoms with E-state index in [1.807, 2.05) is 0 Å². The summed E-state index contributed by atoms with van der Waals surface area (Å²) >= 11 is 0. The summed E-state index contributed by atoms with van der Waals surface area (Å²) in [6, 6.07) is 4.95. The van der Waals surface area contributed by atoms with Crippen LogP contribution < -0.4 is 0 Å². The summed E-state index contributed by atoms with van der Waals surface area (Å²) in [4.78, 5) is 0. The van der Waals surface area contributed by atoms with Crippen molar-refractivity contribution in [1.29, 1.82) is 0 Å². The van der Waals surface area contributed by atoms with Gasteiger partial charge in [0.2, 0.25) is 0 Å². The molecule has 0 heterocycles. The second-order valence-electron chi connectivity index (χ2n) is 4.51. The molecule has 0 aliphatic carbocycles. The number of hydrogen-bond donors (Lipinski definition) is 0. The lowest BCUT2D eigenvalue weighted by Crippen LogP contribution is -2.44. The lowest BCUT2D eigenvalue weighted by molar-refractivity contribution is 0.405. The molecule has 2 nitrogen and oxygen atoms in total. The third-order valence-corrected chi connectivity index (χ3v) is 13.6. The fourth-order valence-electron chi connectivity index (χ4n) is 1.74. The van der Waals surface area contributed by atoms with Gasteiger partial charge in [0.15, 0.2) is 18.1 Å². The molecule has 0 fully saturated rings. The third kappa shape index (κ3) is 6.68. The van der Waals surface area contributed by atoms with Crippen molar-refractivity contribution in [3.8, 4) is 0 Å². The van der Waals surface area contributed by atoms with E-state index >= 15 is 0 Å². The van der Waals surface area contributed by atoms with Crippen LogP contribution in [-0.2, 0) is 8.23 Å². The molecular weight excluding hydrogens is 236 g/mol. The minimum atomic E-state index is -1.79. The summed E-state index contributed by atoms with van der Waals surface area (Å²) in [5.74, 6) is 0. The minimum absolute atomic E-state index is 0.939. The van der Waals surface area contributed by atoms with Gasteiger partial charge in [0.1, 0.15) is 0 Å². The van der Waals surface area contributed by atoms with E-state index in [1.165, 1.54) is 24.2 Å². The Morgan fingerprint density at radius 2 is 1.00 bits per heavy atom. The van der Waals surface area contributed by atoms with Crippen molar-refractivity contribution in [2.24, 2.45) is 0 Å². The molecule has 0 aliphatic heterocycles. The van der Waals surface area contributed by atoms with Gasteiger partial charge >= 0.3 is 8.56 Å². The molecule has 0 rings (SSSR count). The highest BCUT2D eigenvalue weighted by Crippen LogP contribution is 2.16. The molecule has 5 heteroatoms. The SMILES string of the molecule is CC[SiH](CC)O[Si](C)(C)O[SiH](CC)CC. The van der Waals surface area contributed by atoms with Crippen molar-refractivity contribution in [2.45, 2.75) is 65.0 Å². The predicted molar refractivity (Wildman–Crippen MR) is 75.9 cm³/mol. The van der Waals surface area contributed by atoms with Gasteiger partial charge in [0.25, 0.3) is 0 Å². The highest BCUT2D eigenvalue weighted by Gasteiger charge is 2.30. The van der Waals surface area contributed by atoms with E-state index in [4.69, 9.17) is 8.23 Å². The van der Waals surface area contributed by atoms with Crippen LogP contribution in [0.1, 0.15) is 27.7 Å². The summed E-state index contributed by atoms with van der Waals surface area (Å²) in [7, 11) is -3.67. The lowest BCUT2D eigenvalue weighted by atomic mass is 11.0. The van der Waals surface area contributed by atoms with Gasteiger partial charge in [-0.1, -0.05) is 27.7 Å². The Hall–Kier alpha value is 0.571. The summed E-state index contributed by atoms with van der Waals surface area (Å²) < 4.78 is 12.5. The van der Waals surface area contributed by atoms with Crippen LogP contribution in [-0.4, -0.2) is 26.6 Å². The molecule has 0 unspecified atom stereocenters. The Morgan fingerprint density at radius 3 is 1.20 bits per heavy atom. The zero-order chi connectivity index (χ0) is 11.9. The molecule has 0 N–H and O–H groups in total. The lowest BCUT2D eigenvalue weighted by Gasteiger charge is -2.31. The van der Waals surface area contributed by atoms with Crippen molar-refractivity contribution in [2.75, 3.05) is 0 Å². The Kier molecular flexibility index (Phi) is 8.08. The molecular formula is C10H28O2Si3. The van der Waals surface area contributed by atoms with Crippen LogP contribution in [0.25, 0.3) is 0 Å². The highest BCUT2D eigenvalue weighted by atomic mass is 28.5. The van der Waals surface area contributed by atoms with Crippen LogP contribution in [0, 0.1) is 0 Å². The molecule has 0 saturated heterocycles. The minimum Gasteiger partial charge on any atom is -0.439 e. The van der Waals surface area contributed by atoms with E-state index in [9.17, 15) is 0 Å². The van der Waals surface area contributed by atoms with E-state index < -0.39 is 26.6 Å².